The number of nitrogens with zero attached hydrogens (tertiary/aromatic N) is 2. The van der Waals surface area contributed by atoms with Gasteiger partial charge in [-0.3, -0.25) is 0 Å². The second-order valence-electron chi connectivity index (χ2n) is 3.70. The SMILES string of the molecule is COCc1ccccc1-n1cc(C)c(N)n1. The Balaban J connectivity index is 2.46. The Bertz CT molecular complexity index is 471. The Labute approximate surface area is 94.6 Å². The molecule has 0 bridgehead atoms. The van der Waals surface area contributed by atoms with E-state index in [1.165, 1.54) is 0 Å². The maximum atomic E-state index is 5.74. The smallest absolute Gasteiger partial charge is 0.148 e. The molecule has 0 aliphatic rings. The van der Waals surface area contributed by atoms with Crippen molar-refractivity contribution in [2.75, 3.05) is 12.8 Å². The van der Waals surface area contributed by atoms with Gasteiger partial charge in [0, 0.05) is 24.4 Å². The number of aryl methyl sites for hydroxylation is 1. The predicted octanol–water partition coefficient (Wildman–Crippen LogP) is 1.91. The molecule has 0 aliphatic heterocycles. The first-order valence-electron chi connectivity index (χ1n) is 5.11. The second kappa shape index (κ2) is 4.37. The van der Waals surface area contributed by atoms with Crippen LogP contribution in [0.4, 0.5) is 5.82 Å². The number of nitrogens with two attached hydrogens (primary N) is 1. The average molecular weight is 217 g/mol. The fourth-order valence-corrected chi connectivity index (χ4v) is 1.61. The molecule has 1 aromatic carbocycles. The number of anilines is 1. The summed E-state index contributed by atoms with van der Waals surface area (Å²) in [6.07, 6.45) is 1.92. The van der Waals surface area contributed by atoms with Crippen LogP contribution in [-0.4, -0.2) is 16.9 Å². The average Bonchev–Trinajstić information content (AvgIpc) is 2.60. The lowest BCUT2D eigenvalue weighted by Crippen LogP contribution is -2.01. The molecule has 0 spiro atoms. The van der Waals surface area contributed by atoms with Gasteiger partial charge in [-0.15, -0.1) is 0 Å². The van der Waals surface area contributed by atoms with E-state index < -0.39 is 0 Å². The fraction of sp³-hybridized carbons (Fsp3) is 0.250. The van der Waals surface area contributed by atoms with Crippen LogP contribution in [0.1, 0.15) is 11.1 Å². The summed E-state index contributed by atoms with van der Waals surface area (Å²) in [4.78, 5) is 0. The zero-order valence-corrected chi connectivity index (χ0v) is 9.47. The zero-order valence-electron chi connectivity index (χ0n) is 9.47. The molecule has 0 saturated carbocycles. The van der Waals surface area contributed by atoms with Gasteiger partial charge in [0.25, 0.3) is 0 Å². The lowest BCUT2D eigenvalue weighted by Gasteiger charge is -2.07. The maximum Gasteiger partial charge on any atom is 0.148 e. The number of aromatic nitrogens is 2. The summed E-state index contributed by atoms with van der Waals surface area (Å²) in [5, 5.41) is 4.26. The van der Waals surface area contributed by atoms with Crippen molar-refractivity contribution in [3.8, 4) is 5.69 Å². The van der Waals surface area contributed by atoms with Gasteiger partial charge < -0.3 is 10.5 Å². The van der Waals surface area contributed by atoms with Gasteiger partial charge in [0.2, 0.25) is 0 Å². The molecule has 4 heteroatoms. The molecule has 4 nitrogen and oxygen atoms in total. The van der Waals surface area contributed by atoms with Gasteiger partial charge in [0.15, 0.2) is 0 Å². The summed E-state index contributed by atoms with van der Waals surface area (Å²) in [7, 11) is 1.68. The molecule has 0 saturated heterocycles. The number of para-hydroxylation sites is 1. The molecule has 16 heavy (non-hydrogen) atoms. The van der Waals surface area contributed by atoms with Crippen LogP contribution in [0.25, 0.3) is 5.69 Å². The normalized spacial score (nSPS) is 10.6. The minimum absolute atomic E-state index is 0.562. The van der Waals surface area contributed by atoms with Crippen molar-refractivity contribution < 1.29 is 4.74 Å². The summed E-state index contributed by atoms with van der Waals surface area (Å²) >= 11 is 0. The first kappa shape index (κ1) is 10.7. The fourth-order valence-electron chi connectivity index (χ4n) is 1.61. The second-order valence-corrected chi connectivity index (χ2v) is 3.70. The van der Waals surface area contributed by atoms with E-state index in [0.717, 1.165) is 16.8 Å². The van der Waals surface area contributed by atoms with E-state index in [4.69, 9.17) is 10.5 Å². The van der Waals surface area contributed by atoms with Crippen LogP contribution in [-0.2, 0) is 11.3 Å². The minimum Gasteiger partial charge on any atom is -0.382 e. The van der Waals surface area contributed by atoms with Crippen molar-refractivity contribution in [3.63, 3.8) is 0 Å². The number of hydrogen-bond acceptors (Lipinski definition) is 3. The number of hydrogen-bond donors (Lipinski definition) is 1. The van der Waals surface area contributed by atoms with Crippen molar-refractivity contribution in [2.24, 2.45) is 0 Å². The molecular formula is C12H15N3O. The molecule has 1 aromatic heterocycles. The van der Waals surface area contributed by atoms with Crippen LogP contribution in [0.5, 0.6) is 0 Å². The van der Waals surface area contributed by atoms with E-state index in [0.29, 0.717) is 12.4 Å². The van der Waals surface area contributed by atoms with Crippen molar-refractivity contribution in [3.05, 3.63) is 41.6 Å². The number of benzene rings is 1. The third kappa shape index (κ3) is 1.92. The third-order valence-electron chi connectivity index (χ3n) is 2.47. The molecule has 0 unspecified atom stereocenters. The molecule has 2 rings (SSSR count). The van der Waals surface area contributed by atoms with E-state index in [1.807, 2.05) is 37.4 Å². The standard InChI is InChI=1S/C12H15N3O/c1-9-7-15(14-12(9)13)11-6-4-3-5-10(11)8-16-2/h3-7H,8H2,1-2H3,(H2,13,14). The molecule has 0 atom stereocenters. The maximum absolute atomic E-state index is 5.74. The highest BCUT2D eigenvalue weighted by Gasteiger charge is 2.07. The molecule has 84 valence electrons. The highest BCUT2D eigenvalue weighted by atomic mass is 16.5. The van der Waals surface area contributed by atoms with E-state index in [2.05, 4.69) is 5.10 Å². The van der Waals surface area contributed by atoms with Gasteiger partial charge in [-0.1, -0.05) is 18.2 Å². The van der Waals surface area contributed by atoms with Crippen molar-refractivity contribution in [1.82, 2.24) is 9.78 Å². The minimum atomic E-state index is 0.562. The molecule has 0 fully saturated rings. The van der Waals surface area contributed by atoms with Crippen molar-refractivity contribution in [2.45, 2.75) is 13.5 Å². The molecule has 0 amide bonds. The van der Waals surface area contributed by atoms with Gasteiger partial charge in [0.1, 0.15) is 5.82 Å². The lowest BCUT2D eigenvalue weighted by molar-refractivity contribution is 0.184. The quantitative estimate of drug-likeness (QED) is 0.854. The summed E-state index contributed by atoms with van der Waals surface area (Å²) in [6.45, 7) is 2.51. The van der Waals surface area contributed by atoms with Crippen molar-refractivity contribution in [1.29, 1.82) is 0 Å². The van der Waals surface area contributed by atoms with E-state index in [9.17, 15) is 0 Å². The number of ether oxygens (including phenoxy) is 1. The van der Waals surface area contributed by atoms with Gasteiger partial charge in [-0.05, 0) is 13.0 Å². The number of nitrogen functional groups attached to an aromatic ring is 1. The Kier molecular flexibility index (Phi) is 2.92. The van der Waals surface area contributed by atoms with E-state index >= 15 is 0 Å². The van der Waals surface area contributed by atoms with Gasteiger partial charge in [0.05, 0.1) is 12.3 Å². The third-order valence-corrected chi connectivity index (χ3v) is 2.47. The molecule has 1 heterocycles. The number of rotatable bonds is 3. The van der Waals surface area contributed by atoms with Gasteiger partial charge in [-0.25, -0.2) is 4.68 Å². The molecule has 0 aliphatic carbocycles. The molecular weight excluding hydrogens is 202 g/mol. The molecule has 2 aromatic rings. The Hall–Kier alpha value is -1.81. The zero-order chi connectivity index (χ0) is 11.5. The van der Waals surface area contributed by atoms with E-state index in [1.54, 1.807) is 11.8 Å². The predicted molar refractivity (Wildman–Crippen MR) is 63.4 cm³/mol. The Morgan fingerprint density at radius 2 is 2.12 bits per heavy atom. The monoisotopic (exact) mass is 217 g/mol. The molecule has 0 radical (unpaired) electrons. The van der Waals surface area contributed by atoms with Crippen LogP contribution < -0.4 is 5.73 Å². The topological polar surface area (TPSA) is 53.1 Å². The van der Waals surface area contributed by atoms with Crippen LogP contribution in [0, 0.1) is 6.92 Å². The summed E-state index contributed by atoms with van der Waals surface area (Å²) in [6, 6.07) is 7.98. The van der Waals surface area contributed by atoms with Crippen LogP contribution in [0.2, 0.25) is 0 Å². The van der Waals surface area contributed by atoms with Gasteiger partial charge >= 0.3 is 0 Å². The first-order valence-corrected chi connectivity index (χ1v) is 5.11. The number of methoxy groups -OCH3 is 1. The largest absolute Gasteiger partial charge is 0.382 e. The van der Waals surface area contributed by atoms with Crippen LogP contribution in [0.3, 0.4) is 0 Å². The summed E-state index contributed by atoms with van der Waals surface area (Å²) in [5.74, 6) is 0.562. The highest BCUT2D eigenvalue weighted by Crippen LogP contribution is 2.17. The first-order chi connectivity index (χ1) is 7.72. The Morgan fingerprint density at radius 3 is 2.75 bits per heavy atom. The van der Waals surface area contributed by atoms with Crippen molar-refractivity contribution >= 4 is 5.82 Å². The summed E-state index contributed by atoms with van der Waals surface area (Å²) in [5.41, 5.74) is 8.81. The highest BCUT2D eigenvalue weighted by molar-refractivity contribution is 5.44. The lowest BCUT2D eigenvalue weighted by atomic mass is 10.2. The van der Waals surface area contributed by atoms with E-state index in [-0.39, 0.29) is 0 Å². The van der Waals surface area contributed by atoms with Crippen LogP contribution >= 0.6 is 0 Å². The van der Waals surface area contributed by atoms with Crippen LogP contribution in [0.15, 0.2) is 30.5 Å². The Morgan fingerprint density at radius 1 is 1.38 bits per heavy atom. The molecule has 2 N–H and O–H groups in total. The summed E-state index contributed by atoms with van der Waals surface area (Å²) < 4.78 is 6.95. The van der Waals surface area contributed by atoms with Gasteiger partial charge in [-0.2, -0.15) is 5.10 Å².